The molecule has 0 radical (unpaired) electrons. The smallest absolute Gasteiger partial charge is 0.257 e. The average Bonchev–Trinajstić information content (AvgIpc) is 3.14. The molecule has 0 atom stereocenters. The molecule has 1 N–H and O–H groups in total. The first-order valence-electron chi connectivity index (χ1n) is 9.41. The third-order valence-corrected chi connectivity index (χ3v) is 5.47. The van der Waals surface area contributed by atoms with E-state index in [1.165, 1.54) is 57.2 Å². The van der Waals surface area contributed by atoms with Crippen LogP contribution in [0.2, 0.25) is 0 Å². The normalized spacial score (nSPS) is 20.2. The van der Waals surface area contributed by atoms with E-state index in [0.29, 0.717) is 5.92 Å². The van der Waals surface area contributed by atoms with E-state index >= 15 is 0 Å². The fraction of sp³-hybridized carbons (Fsp3) is 0.650. The molecule has 132 valence electrons. The highest BCUT2D eigenvalue weighted by molar-refractivity contribution is 5.77. The van der Waals surface area contributed by atoms with E-state index in [4.69, 9.17) is 4.74 Å². The van der Waals surface area contributed by atoms with Crippen molar-refractivity contribution in [2.45, 2.75) is 51.5 Å². The van der Waals surface area contributed by atoms with Crippen LogP contribution in [0.1, 0.15) is 44.1 Å². The van der Waals surface area contributed by atoms with Gasteiger partial charge in [0.05, 0.1) is 0 Å². The molecule has 2 aliphatic rings. The zero-order valence-electron chi connectivity index (χ0n) is 14.8. The first kappa shape index (κ1) is 17.3. The number of benzene rings is 1. The zero-order chi connectivity index (χ0) is 16.8. The number of hydrogen-bond acceptors (Lipinski definition) is 3. The van der Waals surface area contributed by atoms with Gasteiger partial charge in [-0.3, -0.25) is 4.79 Å². The van der Waals surface area contributed by atoms with E-state index in [2.05, 4.69) is 10.2 Å². The van der Waals surface area contributed by atoms with Gasteiger partial charge in [0.15, 0.2) is 6.61 Å². The Morgan fingerprint density at radius 2 is 1.79 bits per heavy atom. The van der Waals surface area contributed by atoms with E-state index in [9.17, 15) is 4.79 Å². The Hall–Kier alpha value is -1.55. The van der Waals surface area contributed by atoms with Crippen molar-refractivity contribution in [2.75, 3.05) is 26.2 Å². The van der Waals surface area contributed by atoms with Crippen molar-refractivity contribution in [3.63, 3.8) is 0 Å². The number of hydrogen-bond donors (Lipinski definition) is 1. The zero-order valence-corrected chi connectivity index (χ0v) is 14.8. The number of ether oxygens (including phenoxy) is 1. The molecule has 1 aliphatic carbocycles. The minimum Gasteiger partial charge on any atom is -0.484 e. The van der Waals surface area contributed by atoms with Crippen molar-refractivity contribution in [2.24, 2.45) is 5.92 Å². The molecule has 4 heteroatoms. The van der Waals surface area contributed by atoms with Gasteiger partial charge in [0.25, 0.3) is 5.91 Å². The van der Waals surface area contributed by atoms with Crippen LogP contribution in [0.15, 0.2) is 24.3 Å². The van der Waals surface area contributed by atoms with Gasteiger partial charge < -0.3 is 15.0 Å². The van der Waals surface area contributed by atoms with E-state index in [1.807, 2.05) is 31.2 Å². The van der Waals surface area contributed by atoms with Gasteiger partial charge in [-0.25, -0.2) is 0 Å². The lowest BCUT2D eigenvalue weighted by Crippen LogP contribution is -2.43. The van der Waals surface area contributed by atoms with Crippen LogP contribution < -0.4 is 10.1 Å². The molecule has 0 unspecified atom stereocenters. The third kappa shape index (κ3) is 4.97. The van der Waals surface area contributed by atoms with Crippen LogP contribution in [-0.4, -0.2) is 43.1 Å². The van der Waals surface area contributed by atoms with Crippen LogP contribution in [0.3, 0.4) is 0 Å². The molecular formula is C20H30N2O2. The van der Waals surface area contributed by atoms with Gasteiger partial charge in [0.2, 0.25) is 0 Å². The number of likely N-dealkylation sites (tertiary alicyclic amines) is 1. The van der Waals surface area contributed by atoms with E-state index in [-0.39, 0.29) is 12.5 Å². The van der Waals surface area contributed by atoms with Gasteiger partial charge in [-0.05, 0) is 63.7 Å². The number of amides is 1. The number of nitrogens with one attached hydrogen (secondary N) is 1. The Morgan fingerprint density at radius 1 is 1.12 bits per heavy atom. The average molecular weight is 330 g/mol. The number of carbonyl (C=O) groups excluding carboxylic acids is 1. The summed E-state index contributed by atoms with van der Waals surface area (Å²) in [5.41, 5.74) is 1.19. The maximum Gasteiger partial charge on any atom is 0.257 e. The number of rotatable bonds is 6. The lowest BCUT2D eigenvalue weighted by atomic mass is 9.95. The van der Waals surface area contributed by atoms with Crippen molar-refractivity contribution in [3.05, 3.63) is 29.8 Å². The van der Waals surface area contributed by atoms with Crippen LogP contribution in [0.5, 0.6) is 5.75 Å². The van der Waals surface area contributed by atoms with Crippen LogP contribution in [0.4, 0.5) is 0 Å². The van der Waals surface area contributed by atoms with E-state index < -0.39 is 0 Å². The van der Waals surface area contributed by atoms with E-state index in [1.54, 1.807) is 0 Å². The molecule has 1 saturated carbocycles. The van der Waals surface area contributed by atoms with Gasteiger partial charge in [-0.1, -0.05) is 30.5 Å². The first-order valence-corrected chi connectivity index (χ1v) is 9.41. The standard InChI is InChI=1S/C20H30N2O2/c1-16-6-8-19(9-7-16)24-15-20(23)21-14-17-10-12-22(13-11-17)18-4-2-3-5-18/h6-9,17-18H,2-5,10-15H2,1H3,(H,21,23). The SMILES string of the molecule is Cc1ccc(OCC(=O)NCC2CCN(C3CCCC3)CC2)cc1. The lowest BCUT2D eigenvalue weighted by Gasteiger charge is -2.36. The Balaban J connectivity index is 1.31. The van der Waals surface area contributed by atoms with Crippen molar-refractivity contribution >= 4 is 5.91 Å². The van der Waals surface area contributed by atoms with Crippen molar-refractivity contribution < 1.29 is 9.53 Å². The minimum absolute atomic E-state index is 0.0196. The molecule has 1 saturated heterocycles. The molecule has 4 nitrogen and oxygen atoms in total. The van der Waals surface area contributed by atoms with Gasteiger partial charge in [-0.2, -0.15) is 0 Å². The first-order chi connectivity index (χ1) is 11.7. The summed E-state index contributed by atoms with van der Waals surface area (Å²) in [6, 6.07) is 8.63. The highest BCUT2D eigenvalue weighted by Gasteiger charge is 2.27. The molecular weight excluding hydrogens is 300 g/mol. The predicted octanol–water partition coefficient (Wildman–Crippen LogP) is 3.14. The summed E-state index contributed by atoms with van der Waals surface area (Å²) in [6.07, 6.45) is 7.99. The van der Waals surface area contributed by atoms with Crippen molar-refractivity contribution in [3.8, 4) is 5.75 Å². The largest absolute Gasteiger partial charge is 0.484 e. The van der Waals surface area contributed by atoms with Gasteiger partial charge in [0.1, 0.15) is 5.75 Å². The Kier molecular flexibility index (Phi) is 6.13. The molecule has 0 spiro atoms. The molecule has 1 heterocycles. The second kappa shape index (κ2) is 8.52. The summed E-state index contributed by atoms with van der Waals surface area (Å²) in [4.78, 5) is 14.6. The summed E-state index contributed by atoms with van der Waals surface area (Å²) in [5, 5.41) is 3.04. The molecule has 1 aromatic rings. The molecule has 24 heavy (non-hydrogen) atoms. The van der Waals surface area contributed by atoms with Gasteiger partial charge in [-0.15, -0.1) is 0 Å². The maximum absolute atomic E-state index is 12.0. The van der Waals surface area contributed by atoms with Gasteiger partial charge in [0, 0.05) is 12.6 Å². The number of aryl methyl sites for hydroxylation is 1. The molecule has 0 bridgehead atoms. The lowest BCUT2D eigenvalue weighted by molar-refractivity contribution is -0.123. The Bertz CT molecular complexity index is 515. The molecule has 2 fully saturated rings. The van der Waals surface area contributed by atoms with Crippen molar-refractivity contribution in [1.82, 2.24) is 10.2 Å². The number of carbonyl (C=O) groups is 1. The Morgan fingerprint density at radius 3 is 2.46 bits per heavy atom. The minimum atomic E-state index is -0.0196. The fourth-order valence-electron chi connectivity index (χ4n) is 3.88. The van der Waals surface area contributed by atoms with Crippen LogP contribution in [0, 0.1) is 12.8 Å². The molecule has 0 aromatic heterocycles. The van der Waals surface area contributed by atoms with E-state index in [0.717, 1.165) is 18.3 Å². The van der Waals surface area contributed by atoms with Crippen LogP contribution >= 0.6 is 0 Å². The summed E-state index contributed by atoms with van der Waals surface area (Å²) >= 11 is 0. The summed E-state index contributed by atoms with van der Waals surface area (Å²) in [7, 11) is 0. The second-order valence-electron chi connectivity index (χ2n) is 7.32. The summed E-state index contributed by atoms with van der Waals surface area (Å²) < 4.78 is 5.53. The Labute approximate surface area is 145 Å². The fourth-order valence-corrected chi connectivity index (χ4v) is 3.88. The van der Waals surface area contributed by atoms with Gasteiger partial charge >= 0.3 is 0 Å². The molecule has 1 amide bonds. The second-order valence-corrected chi connectivity index (χ2v) is 7.32. The third-order valence-electron chi connectivity index (χ3n) is 5.47. The molecule has 1 aliphatic heterocycles. The molecule has 1 aromatic carbocycles. The topological polar surface area (TPSA) is 41.6 Å². The number of nitrogens with zero attached hydrogens (tertiary/aromatic N) is 1. The predicted molar refractivity (Wildman–Crippen MR) is 96.2 cm³/mol. The highest BCUT2D eigenvalue weighted by atomic mass is 16.5. The highest BCUT2D eigenvalue weighted by Crippen LogP contribution is 2.27. The number of piperidine rings is 1. The maximum atomic E-state index is 12.0. The summed E-state index contributed by atoms with van der Waals surface area (Å²) in [5.74, 6) is 1.35. The van der Waals surface area contributed by atoms with Crippen LogP contribution in [0.25, 0.3) is 0 Å². The molecule has 3 rings (SSSR count). The van der Waals surface area contributed by atoms with Crippen LogP contribution in [-0.2, 0) is 4.79 Å². The monoisotopic (exact) mass is 330 g/mol. The summed E-state index contributed by atoms with van der Waals surface area (Å²) in [6.45, 7) is 5.32. The quantitative estimate of drug-likeness (QED) is 0.871. The van der Waals surface area contributed by atoms with Crippen molar-refractivity contribution in [1.29, 1.82) is 0 Å².